The normalized spacial score (nSPS) is 10.8. The van der Waals surface area contributed by atoms with E-state index in [1.54, 1.807) is 20.8 Å². The Bertz CT molecular complexity index is 387. The van der Waals surface area contributed by atoms with E-state index in [1.165, 1.54) is 0 Å². The molecule has 0 bridgehead atoms. The standard InChI is InChI=1S/C10H18N5O/c1-4(2)15(16)10-7(12)5(3)6(11)8(13)9(10)14/h4H,11-14H2,1-3H3/q-1. The fourth-order valence-corrected chi connectivity index (χ4v) is 1.44. The van der Waals surface area contributed by atoms with Gasteiger partial charge in [0.1, 0.15) is 0 Å². The molecule has 0 spiro atoms. The van der Waals surface area contributed by atoms with E-state index in [0.29, 0.717) is 11.3 Å². The van der Waals surface area contributed by atoms with Gasteiger partial charge in [0.2, 0.25) is 0 Å². The zero-order chi connectivity index (χ0) is 12.6. The molecule has 0 aliphatic carbocycles. The van der Waals surface area contributed by atoms with Crippen LogP contribution in [0.4, 0.5) is 28.4 Å². The molecule has 0 heterocycles. The zero-order valence-corrected chi connectivity index (χ0v) is 9.74. The van der Waals surface area contributed by atoms with Crippen LogP contribution >= 0.6 is 0 Å². The number of benzene rings is 1. The van der Waals surface area contributed by atoms with Gasteiger partial charge in [-0.2, -0.15) is 0 Å². The minimum absolute atomic E-state index is 0.143. The van der Waals surface area contributed by atoms with Crippen LogP contribution in [0.2, 0.25) is 0 Å². The fourth-order valence-electron chi connectivity index (χ4n) is 1.44. The Labute approximate surface area is 94.8 Å². The number of nitrogens with two attached hydrogens (primary N) is 4. The monoisotopic (exact) mass is 224 g/mol. The maximum atomic E-state index is 11.9. The molecular formula is C10H18N5O-. The van der Waals surface area contributed by atoms with Crippen LogP contribution in [0, 0.1) is 12.1 Å². The van der Waals surface area contributed by atoms with Crippen LogP contribution in [0.5, 0.6) is 0 Å². The third kappa shape index (κ3) is 1.67. The maximum absolute atomic E-state index is 11.9. The minimum Gasteiger partial charge on any atom is -0.758 e. The second-order valence-corrected chi connectivity index (χ2v) is 4.05. The van der Waals surface area contributed by atoms with Gasteiger partial charge in [-0.3, -0.25) is 0 Å². The first kappa shape index (κ1) is 12.3. The molecular weight excluding hydrogens is 206 g/mol. The molecule has 6 heteroatoms. The van der Waals surface area contributed by atoms with Gasteiger partial charge in [0.25, 0.3) is 0 Å². The SMILES string of the molecule is Cc1c(N)c(N)c(N)c(N([O-])C(C)C)c1N. The summed E-state index contributed by atoms with van der Waals surface area (Å²) in [6.07, 6.45) is 0. The second-order valence-electron chi connectivity index (χ2n) is 4.05. The number of hydrogen-bond donors (Lipinski definition) is 4. The summed E-state index contributed by atoms with van der Waals surface area (Å²) in [5, 5.41) is 12.6. The Kier molecular flexibility index (Phi) is 3.04. The highest BCUT2D eigenvalue weighted by molar-refractivity contribution is 5.98. The van der Waals surface area contributed by atoms with Crippen molar-refractivity contribution in [3.63, 3.8) is 0 Å². The van der Waals surface area contributed by atoms with Crippen LogP contribution in [0.3, 0.4) is 0 Å². The van der Waals surface area contributed by atoms with E-state index in [9.17, 15) is 5.21 Å². The van der Waals surface area contributed by atoms with E-state index < -0.39 is 0 Å². The number of nitrogens with zero attached hydrogens (tertiary/aromatic N) is 1. The summed E-state index contributed by atoms with van der Waals surface area (Å²) >= 11 is 0. The molecule has 0 radical (unpaired) electrons. The van der Waals surface area contributed by atoms with Gasteiger partial charge < -0.3 is 33.2 Å². The van der Waals surface area contributed by atoms with Crippen LogP contribution < -0.4 is 28.0 Å². The van der Waals surface area contributed by atoms with E-state index in [-0.39, 0.29) is 28.8 Å². The molecule has 8 N–H and O–H groups in total. The quantitative estimate of drug-likeness (QED) is 0.438. The summed E-state index contributed by atoms with van der Waals surface area (Å²) in [5.74, 6) is 0. The van der Waals surface area contributed by atoms with Crippen molar-refractivity contribution in [2.45, 2.75) is 26.8 Å². The molecule has 0 saturated heterocycles. The number of rotatable bonds is 2. The molecule has 16 heavy (non-hydrogen) atoms. The van der Waals surface area contributed by atoms with Crippen molar-refractivity contribution < 1.29 is 0 Å². The molecule has 0 aliphatic rings. The van der Waals surface area contributed by atoms with E-state index in [0.717, 1.165) is 5.06 Å². The highest BCUT2D eigenvalue weighted by Gasteiger charge is 2.17. The molecule has 0 unspecified atom stereocenters. The number of nitrogen functional groups attached to an aromatic ring is 4. The molecule has 90 valence electrons. The van der Waals surface area contributed by atoms with Gasteiger partial charge in [-0.05, 0) is 26.3 Å². The highest BCUT2D eigenvalue weighted by atomic mass is 16.5. The predicted octanol–water partition coefficient (Wildman–Crippen LogP) is 1.04. The average molecular weight is 224 g/mol. The lowest BCUT2D eigenvalue weighted by Gasteiger charge is -2.37. The number of hydroxylamine groups is 1. The lowest BCUT2D eigenvalue weighted by molar-refractivity contribution is 0.787. The van der Waals surface area contributed by atoms with E-state index >= 15 is 0 Å². The maximum Gasteiger partial charge on any atom is 0.0820 e. The first-order chi connectivity index (χ1) is 7.29. The van der Waals surface area contributed by atoms with Gasteiger partial charge in [-0.15, -0.1) is 0 Å². The van der Waals surface area contributed by atoms with Crippen LogP contribution in [-0.2, 0) is 0 Å². The first-order valence-electron chi connectivity index (χ1n) is 4.97. The van der Waals surface area contributed by atoms with Crippen LogP contribution in [0.15, 0.2) is 0 Å². The zero-order valence-electron chi connectivity index (χ0n) is 9.74. The lowest BCUT2D eigenvalue weighted by Crippen LogP contribution is -2.26. The van der Waals surface area contributed by atoms with Gasteiger partial charge in [-0.1, -0.05) is 0 Å². The summed E-state index contributed by atoms with van der Waals surface area (Å²) in [5.41, 5.74) is 24.8. The molecule has 0 aromatic heterocycles. The molecule has 0 fully saturated rings. The summed E-state index contributed by atoms with van der Waals surface area (Å²) in [4.78, 5) is 0. The Morgan fingerprint density at radius 2 is 1.44 bits per heavy atom. The van der Waals surface area contributed by atoms with Crippen LogP contribution in [0.1, 0.15) is 19.4 Å². The van der Waals surface area contributed by atoms with Crippen molar-refractivity contribution in [1.29, 1.82) is 0 Å². The minimum atomic E-state index is -0.271. The largest absolute Gasteiger partial charge is 0.758 e. The predicted molar refractivity (Wildman–Crippen MR) is 69.8 cm³/mol. The van der Waals surface area contributed by atoms with Gasteiger partial charge in [0.05, 0.1) is 28.4 Å². The van der Waals surface area contributed by atoms with E-state index in [4.69, 9.17) is 22.9 Å². The molecule has 0 amide bonds. The molecule has 1 aromatic rings. The van der Waals surface area contributed by atoms with Crippen LogP contribution in [0.25, 0.3) is 0 Å². The molecule has 0 atom stereocenters. The van der Waals surface area contributed by atoms with Crippen molar-refractivity contribution in [2.75, 3.05) is 28.0 Å². The number of anilines is 5. The third-order valence-electron chi connectivity index (χ3n) is 2.59. The van der Waals surface area contributed by atoms with E-state index in [2.05, 4.69) is 0 Å². The molecule has 0 aliphatic heterocycles. The lowest BCUT2D eigenvalue weighted by atomic mass is 10.1. The summed E-state index contributed by atoms with van der Waals surface area (Å²) in [6.45, 7) is 5.19. The Morgan fingerprint density at radius 3 is 1.88 bits per heavy atom. The van der Waals surface area contributed by atoms with Gasteiger partial charge in [-0.25, -0.2) is 0 Å². The van der Waals surface area contributed by atoms with Crippen LogP contribution in [-0.4, -0.2) is 6.04 Å². The number of hydrogen-bond acceptors (Lipinski definition) is 6. The Hall–Kier alpha value is -1.82. The van der Waals surface area contributed by atoms with Gasteiger partial charge >= 0.3 is 0 Å². The topological polar surface area (TPSA) is 130 Å². The third-order valence-corrected chi connectivity index (χ3v) is 2.59. The Balaban J connectivity index is 3.51. The van der Waals surface area contributed by atoms with Gasteiger partial charge in [0.15, 0.2) is 0 Å². The highest BCUT2D eigenvalue weighted by Crippen LogP contribution is 2.42. The second kappa shape index (κ2) is 3.97. The first-order valence-corrected chi connectivity index (χ1v) is 4.97. The van der Waals surface area contributed by atoms with E-state index in [1.807, 2.05) is 0 Å². The van der Waals surface area contributed by atoms with Crippen molar-refractivity contribution in [2.24, 2.45) is 0 Å². The summed E-state index contributed by atoms with van der Waals surface area (Å²) < 4.78 is 0. The molecule has 6 nitrogen and oxygen atoms in total. The van der Waals surface area contributed by atoms with Gasteiger partial charge in [0, 0.05) is 6.04 Å². The smallest absolute Gasteiger partial charge is 0.0820 e. The van der Waals surface area contributed by atoms with Crippen molar-refractivity contribution in [3.05, 3.63) is 10.8 Å². The summed E-state index contributed by atoms with van der Waals surface area (Å²) in [7, 11) is 0. The molecule has 0 saturated carbocycles. The summed E-state index contributed by atoms with van der Waals surface area (Å²) in [6, 6.07) is -0.271. The average Bonchev–Trinajstić information content (AvgIpc) is 2.23. The Morgan fingerprint density at radius 1 is 0.938 bits per heavy atom. The molecule has 1 rings (SSSR count). The van der Waals surface area contributed by atoms with Crippen molar-refractivity contribution in [1.82, 2.24) is 0 Å². The van der Waals surface area contributed by atoms with Crippen molar-refractivity contribution in [3.8, 4) is 0 Å². The fraction of sp³-hybridized carbons (Fsp3) is 0.400. The molecule has 1 aromatic carbocycles. The van der Waals surface area contributed by atoms with Crippen molar-refractivity contribution >= 4 is 28.4 Å².